The van der Waals surface area contributed by atoms with E-state index in [4.69, 9.17) is 17.3 Å². The molecule has 2 rings (SSSR count). The van der Waals surface area contributed by atoms with Crippen LogP contribution in [0.3, 0.4) is 0 Å². The van der Waals surface area contributed by atoms with Crippen molar-refractivity contribution in [3.63, 3.8) is 0 Å². The molecule has 12 heavy (non-hydrogen) atoms. The Morgan fingerprint density at radius 1 is 1.58 bits per heavy atom. The molecule has 0 aromatic carbocycles. The number of aromatic nitrogens is 1. The van der Waals surface area contributed by atoms with Crippen LogP contribution < -0.4 is 5.73 Å². The summed E-state index contributed by atoms with van der Waals surface area (Å²) in [6, 6.07) is 3.86. The predicted molar refractivity (Wildman–Crippen MR) is 52.5 cm³/mol. The minimum Gasteiger partial charge on any atom is -0.325 e. The Kier molecular flexibility index (Phi) is 2.00. The van der Waals surface area contributed by atoms with Gasteiger partial charge in [-0.25, -0.2) is 0 Å². The number of pyridine rings is 1. The van der Waals surface area contributed by atoms with Crippen LogP contribution in [0, 0.1) is 0 Å². The fraction of sp³-hybridized carbons (Fsp3) is 0.125. The Balaban J connectivity index is 2.78. The van der Waals surface area contributed by atoms with Crippen molar-refractivity contribution < 1.29 is 0 Å². The SMILES string of the molecule is NCc1nccc2sc(Cl)cc12. The summed E-state index contributed by atoms with van der Waals surface area (Å²) in [7, 11) is 0. The summed E-state index contributed by atoms with van der Waals surface area (Å²) in [6.07, 6.45) is 1.76. The number of halogens is 1. The zero-order valence-electron chi connectivity index (χ0n) is 6.25. The van der Waals surface area contributed by atoms with Crippen molar-refractivity contribution in [2.45, 2.75) is 6.54 Å². The molecule has 0 amide bonds. The molecule has 0 radical (unpaired) electrons. The molecule has 0 saturated carbocycles. The molecule has 2 nitrogen and oxygen atoms in total. The molecule has 0 spiro atoms. The third kappa shape index (κ3) is 1.20. The standard InChI is InChI=1S/C8H7ClN2S/c9-8-3-5-6(4-10)11-2-1-7(5)12-8/h1-3H,4,10H2. The molecule has 2 N–H and O–H groups in total. The van der Waals surface area contributed by atoms with Gasteiger partial charge in [-0.05, 0) is 12.1 Å². The van der Waals surface area contributed by atoms with E-state index in [-0.39, 0.29) is 0 Å². The molecule has 4 heteroatoms. The summed E-state index contributed by atoms with van der Waals surface area (Å²) in [4.78, 5) is 4.16. The van der Waals surface area contributed by atoms with Crippen LogP contribution in [0.4, 0.5) is 0 Å². The normalized spacial score (nSPS) is 10.8. The molecular formula is C8H7ClN2S. The van der Waals surface area contributed by atoms with Gasteiger partial charge in [0.2, 0.25) is 0 Å². The lowest BCUT2D eigenvalue weighted by Crippen LogP contribution is -1.98. The summed E-state index contributed by atoms with van der Waals surface area (Å²) >= 11 is 7.41. The maximum Gasteiger partial charge on any atom is 0.0941 e. The Bertz CT molecular complexity index is 410. The summed E-state index contributed by atoms with van der Waals surface area (Å²) in [6.45, 7) is 0.463. The molecule has 0 aliphatic heterocycles. The van der Waals surface area contributed by atoms with Gasteiger partial charge in [-0.1, -0.05) is 11.6 Å². The number of nitrogens with zero attached hydrogens (tertiary/aromatic N) is 1. The second-order valence-corrected chi connectivity index (χ2v) is 4.14. The van der Waals surface area contributed by atoms with Crippen molar-refractivity contribution in [2.24, 2.45) is 5.73 Å². The van der Waals surface area contributed by atoms with E-state index in [1.807, 2.05) is 12.1 Å². The monoisotopic (exact) mass is 198 g/mol. The topological polar surface area (TPSA) is 38.9 Å². The van der Waals surface area contributed by atoms with E-state index in [9.17, 15) is 0 Å². The van der Waals surface area contributed by atoms with E-state index < -0.39 is 0 Å². The number of fused-ring (bicyclic) bond motifs is 1. The second kappa shape index (κ2) is 3.01. The largest absolute Gasteiger partial charge is 0.325 e. The van der Waals surface area contributed by atoms with Gasteiger partial charge in [0.1, 0.15) is 0 Å². The highest BCUT2D eigenvalue weighted by Crippen LogP contribution is 2.30. The number of hydrogen-bond acceptors (Lipinski definition) is 3. The molecule has 0 bridgehead atoms. The van der Waals surface area contributed by atoms with Crippen LogP contribution in [-0.4, -0.2) is 4.98 Å². The first-order valence-corrected chi connectivity index (χ1v) is 4.73. The van der Waals surface area contributed by atoms with E-state index >= 15 is 0 Å². The van der Waals surface area contributed by atoms with E-state index in [0.29, 0.717) is 6.54 Å². The highest BCUT2D eigenvalue weighted by atomic mass is 35.5. The molecule has 0 aliphatic carbocycles. The lowest BCUT2D eigenvalue weighted by atomic mass is 10.2. The van der Waals surface area contributed by atoms with E-state index in [1.165, 1.54) is 0 Å². The third-order valence-corrected chi connectivity index (χ3v) is 2.92. The zero-order chi connectivity index (χ0) is 8.55. The van der Waals surface area contributed by atoms with Crippen LogP contribution in [0.5, 0.6) is 0 Å². The van der Waals surface area contributed by atoms with Crippen molar-refractivity contribution in [2.75, 3.05) is 0 Å². The number of nitrogens with two attached hydrogens (primary N) is 1. The second-order valence-electron chi connectivity index (χ2n) is 2.42. The maximum atomic E-state index is 5.86. The van der Waals surface area contributed by atoms with Crippen molar-refractivity contribution in [3.05, 3.63) is 28.4 Å². The van der Waals surface area contributed by atoms with Crippen LogP contribution in [-0.2, 0) is 6.54 Å². The van der Waals surface area contributed by atoms with Crippen LogP contribution in [0.25, 0.3) is 10.1 Å². The van der Waals surface area contributed by atoms with Crippen molar-refractivity contribution in [3.8, 4) is 0 Å². The summed E-state index contributed by atoms with van der Waals surface area (Å²) in [5.41, 5.74) is 6.44. The van der Waals surface area contributed by atoms with Gasteiger partial charge in [0.15, 0.2) is 0 Å². The lowest BCUT2D eigenvalue weighted by Gasteiger charge is -1.95. The minimum absolute atomic E-state index is 0.463. The number of thiophene rings is 1. The van der Waals surface area contributed by atoms with Crippen molar-refractivity contribution >= 4 is 33.0 Å². The van der Waals surface area contributed by atoms with Gasteiger partial charge in [-0.2, -0.15) is 0 Å². The first-order valence-electron chi connectivity index (χ1n) is 3.54. The van der Waals surface area contributed by atoms with Crippen LogP contribution >= 0.6 is 22.9 Å². The Hall–Kier alpha value is -0.640. The average Bonchev–Trinajstić information content (AvgIpc) is 2.44. The van der Waals surface area contributed by atoms with E-state index in [2.05, 4.69) is 4.98 Å². The minimum atomic E-state index is 0.463. The summed E-state index contributed by atoms with van der Waals surface area (Å²) in [5, 5.41) is 1.08. The third-order valence-electron chi connectivity index (χ3n) is 1.69. The molecule has 0 aliphatic rings. The Morgan fingerprint density at radius 3 is 3.17 bits per heavy atom. The molecule has 2 aromatic heterocycles. The smallest absolute Gasteiger partial charge is 0.0941 e. The number of hydrogen-bond donors (Lipinski definition) is 1. The van der Waals surface area contributed by atoms with Crippen molar-refractivity contribution in [1.29, 1.82) is 0 Å². The van der Waals surface area contributed by atoms with Crippen LogP contribution in [0.1, 0.15) is 5.69 Å². The van der Waals surface area contributed by atoms with Crippen LogP contribution in [0.2, 0.25) is 4.34 Å². The molecule has 0 atom stereocenters. The summed E-state index contributed by atoms with van der Waals surface area (Å²) < 4.78 is 1.93. The number of rotatable bonds is 1. The Labute approximate surface area is 79.0 Å². The van der Waals surface area contributed by atoms with Gasteiger partial charge in [0.05, 0.1) is 10.0 Å². The van der Waals surface area contributed by atoms with Gasteiger partial charge in [0, 0.05) is 22.8 Å². The fourth-order valence-electron chi connectivity index (χ4n) is 1.15. The quantitative estimate of drug-likeness (QED) is 0.765. The molecule has 0 fully saturated rings. The highest BCUT2D eigenvalue weighted by molar-refractivity contribution is 7.22. The van der Waals surface area contributed by atoms with Gasteiger partial charge < -0.3 is 5.73 Å². The molecular weight excluding hydrogens is 192 g/mol. The first-order chi connectivity index (χ1) is 5.81. The maximum absolute atomic E-state index is 5.86. The fourth-order valence-corrected chi connectivity index (χ4v) is 2.31. The highest BCUT2D eigenvalue weighted by Gasteiger charge is 2.03. The average molecular weight is 199 g/mol. The Morgan fingerprint density at radius 2 is 2.42 bits per heavy atom. The zero-order valence-corrected chi connectivity index (χ0v) is 7.82. The molecule has 2 heterocycles. The molecule has 0 unspecified atom stereocenters. The van der Waals surface area contributed by atoms with Gasteiger partial charge in [-0.15, -0.1) is 11.3 Å². The summed E-state index contributed by atoms with van der Waals surface area (Å²) in [5.74, 6) is 0. The first kappa shape index (κ1) is 7.98. The van der Waals surface area contributed by atoms with Gasteiger partial charge in [-0.3, -0.25) is 4.98 Å². The van der Waals surface area contributed by atoms with Crippen LogP contribution in [0.15, 0.2) is 18.3 Å². The molecule has 0 saturated heterocycles. The molecule has 2 aromatic rings. The van der Waals surface area contributed by atoms with Crippen molar-refractivity contribution in [1.82, 2.24) is 4.98 Å². The lowest BCUT2D eigenvalue weighted by molar-refractivity contribution is 1.01. The molecule has 62 valence electrons. The van der Waals surface area contributed by atoms with Gasteiger partial charge in [0.25, 0.3) is 0 Å². The van der Waals surface area contributed by atoms with E-state index in [1.54, 1.807) is 17.5 Å². The van der Waals surface area contributed by atoms with E-state index in [0.717, 1.165) is 20.1 Å². The predicted octanol–water partition coefficient (Wildman–Crippen LogP) is 2.41. The van der Waals surface area contributed by atoms with Gasteiger partial charge >= 0.3 is 0 Å².